The van der Waals surface area contributed by atoms with E-state index >= 15 is 0 Å². The van der Waals surface area contributed by atoms with Crippen molar-refractivity contribution in [1.82, 2.24) is 19.0 Å². The predicted octanol–water partition coefficient (Wildman–Crippen LogP) is 3.55. The Morgan fingerprint density at radius 2 is 1.77 bits per heavy atom. The molecular formula is C32H36N4O7. The number of carbonyl (C=O) groups is 2. The summed E-state index contributed by atoms with van der Waals surface area (Å²) < 4.78 is 20.9. The topological polar surface area (TPSA) is 128 Å². The van der Waals surface area contributed by atoms with Crippen LogP contribution in [0.2, 0.25) is 0 Å². The zero-order valence-electron chi connectivity index (χ0n) is 24.1. The van der Waals surface area contributed by atoms with Crippen molar-refractivity contribution in [1.29, 1.82) is 0 Å². The van der Waals surface area contributed by atoms with Crippen LogP contribution in [0.15, 0.2) is 71.4 Å². The van der Waals surface area contributed by atoms with Gasteiger partial charge in [0, 0.05) is 50.0 Å². The van der Waals surface area contributed by atoms with Crippen LogP contribution in [0.5, 0.6) is 0 Å². The summed E-state index contributed by atoms with van der Waals surface area (Å²) in [7, 11) is 0. The van der Waals surface area contributed by atoms with E-state index in [1.807, 2.05) is 60.8 Å². The number of ether oxygens (including phenoxy) is 3. The van der Waals surface area contributed by atoms with Gasteiger partial charge in [-0.05, 0) is 42.7 Å². The molecule has 1 amide bonds. The molecule has 2 aromatic carbocycles. The van der Waals surface area contributed by atoms with E-state index in [0.29, 0.717) is 32.4 Å². The number of carbonyl (C=O) groups excluding carboxylic acids is 2. The molecular weight excluding hydrogens is 552 g/mol. The Hall–Kier alpha value is -4.19. The SMILES string of the molecule is CC(=O)n1cc([C@H]2C=C(C(=O)N3CCC(n4c(=O)[nH]c5ccccc54)CC3)O[C@@H](OCCOCCO)C2)c2ccccc21. The number of allylic oxidation sites excluding steroid dienone is 1. The number of nitrogens with zero attached hydrogens (tertiary/aromatic N) is 3. The Labute approximate surface area is 248 Å². The summed E-state index contributed by atoms with van der Waals surface area (Å²) in [5.41, 5.74) is 3.26. The van der Waals surface area contributed by atoms with Crippen LogP contribution in [0.3, 0.4) is 0 Å². The summed E-state index contributed by atoms with van der Waals surface area (Å²) in [5, 5.41) is 9.90. The van der Waals surface area contributed by atoms with E-state index in [1.165, 1.54) is 6.92 Å². The molecule has 11 heteroatoms. The molecule has 0 saturated carbocycles. The highest BCUT2D eigenvalue weighted by Crippen LogP contribution is 2.37. The minimum Gasteiger partial charge on any atom is -0.459 e. The number of amides is 1. The van der Waals surface area contributed by atoms with Crippen molar-refractivity contribution >= 4 is 33.8 Å². The molecule has 43 heavy (non-hydrogen) atoms. The van der Waals surface area contributed by atoms with Crippen molar-refractivity contribution in [3.05, 3.63) is 82.6 Å². The van der Waals surface area contributed by atoms with Gasteiger partial charge in [-0.2, -0.15) is 0 Å². The quantitative estimate of drug-likeness (QED) is 0.286. The maximum Gasteiger partial charge on any atom is 0.326 e. The Morgan fingerprint density at radius 3 is 2.53 bits per heavy atom. The van der Waals surface area contributed by atoms with Gasteiger partial charge in [0.15, 0.2) is 5.76 Å². The molecule has 0 spiro atoms. The smallest absolute Gasteiger partial charge is 0.326 e. The van der Waals surface area contributed by atoms with Gasteiger partial charge < -0.3 is 29.2 Å². The maximum atomic E-state index is 13.8. The van der Waals surface area contributed by atoms with E-state index in [9.17, 15) is 14.4 Å². The van der Waals surface area contributed by atoms with Crippen LogP contribution in [0.25, 0.3) is 21.9 Å². The van der Waals surface area contributed by atoms with Crippen molar-refractivity contribution < 1.29 is 28.9 Å². The van der Waals surface area contributed by atoms with Gasteiger partial charge in [0.1, 0.15) is 0 Å². The van der Waals surface area contributed by atoms with Crippen molar-refractivity contribution in [3.8, 4) is 0 Å². The van der Waals surface area contributed by atoms with Crippen molar-refractivity contribution in [2.75, 3.05) is 39.5 Å². The van der Waals surface area contributed by atoms with Gasteiger partial charge >= 0.3 is 5.69 Å². The van der Waals surface area contributed by atoms with Gasteiger partial charge in [-0.15, -0.1) is 0 Å². The van der Waals surface area contributed by atoms with Gasteiger partial charge in [-0.1, -0.05) is 30.3 Å². The molecule has 4 aromatic rings. The van der Waals surface area contributed by atoms with Gasteiger partial charge in [-0.3, -0.25) is 18.7 Å². The number of likely N-dealkylation sites (tertiary alicyclic amines) is 1. The predicted molar refractivity (Wildman–Crippen MR) is 160 cm³/mol. The summed E-state index contributed by atoms with van der Waals surface area (Å²) in [6, 6.07) is 15.3. The molecule has 2 aliphatic heterocycles. The number of fused-ring (bicyclic) bond motifs is 2. The van der Waals surface area contributed by atoms with Crippen molar-refractivity contribution in [2.45, 2.75) is 44.4 Å². The largest absolute Gasteiger partial charge is 0.459 e. The Kier molecular flexibility index (Phi) is 8.46. The minimum atomic E-state index is -0.701. The number of piperidine rings is 1. The third-order valence-electron chi connectivity index (χ3n) is 8.26. The Bertz CT molecular complexity index is 1710. The van der Waals surface area contributed by atoms with E-state index < -0.39 is 6.29 Å². The van der Waals surface area contributed by atoms with E-state index in [-0.39, 0.29) is 61.7 Å². The van der Waals surface area contributed by atoms with E-state index in [4.69, 9.17) is 19.3 Å². The third-order valence-corrected chi connectivity index (χ3v) is 8.26. The van der Waals surface area contributed by atoms with Gasteiger partial charge in [0.25, 0.3) is 5.91 Å². The first-order valence-corrected chi connectivity index (χ1v) is 14.7. The van der Waals surface area contributed by atoms with Crippen molar-refractivity contribution in [2.24, 2.45) is 0 Å². The Morgan fingerprint density at radius 1 is 1.02 bits per heavy atom. The van der Waals surface area contributed by atoms with Crippen LogP contribution in [0.1, 0.15) is 48.5 Å². The first-order chi connectivity index (χ1) is 20.9. The summed E-state index contributed by atoms with van der Waals surface area (Å²) in [6.07, 6.45) is 4.71. The first-order valence-electron chi connectivity index (χ1n) is 14.7. The lowest BCUT2D eigenvalue weighted by Crippen LogP contribution is -2.42. The molecule has 2 atom stereocenters. The zero-order valence-corrected chi connectivity index (χ0v) is 24.1. The van der Waals surface area contributed by atoms with E-state index in [0.717, 1.165) is 27.5 Å². The second-order valence-electron chi connectivity index (χ2n) is 11.0. The molecule has 0 unspecified atom stereocenters. The fourth-order valence-electron chi connectivity index (χ4n) is 6.21. The summed E-state index contributed by atoms with van der Waals surface area (Å²) in [4.78, 5) is 43.7. The molecule has 0 bridgehead atoms. The molecule has 0 radical (unpaired) electrons. The third kappa shape index (κ3) is 5.88. The molecule has 6 rings (SSSR count). The number of aromatic amines is 1. The number of H-pyrrole nitrogens is 1. The molecule has 11 nitrogen and oxygen atoms in total. The number of rotatable bonds is 9. The highest BCUT2D eigenvalue weighted by atomic mass is 16.7. The van der Waals surface area contributed by atoms with Crippen LogP contribution >= 0.6 is 0 Å². The second kappa shape index (κ2) is 12.6. The van der Waals surface area contributed by atoms with E-state index in [2.05, 4.69) is 4.98 Å². The number of para-hydroxylation sites is 3. The number of hydrogen-bond acceptors (Lipinski definition) is 7. The monoisotopic (exact) mass is 588 g/mol. The van der Waals surface area contributed by atoms with Gasteiger partial charge in [-0.25, -0.2) is 4.79 Å². The molecule has 2 N–H and O–H groups in total. The lowest BCUT2D eigenvalue weighted by molar-refractivity contribution is -0.157. The number of nitrogens with one attached hydrogen (secondary N) is 1. The number of benzene rings is 2. The summed E-state index contributed by atoms with van der Waals surface area (Å²) >= 11 is 0. The van der Waals surface area contributed by atoms with Crippen LogP contribution in [0, 0.1) is 0 Å². The number of aliphatic hydroxyl groups excluding tert-OH is 1. The van der Waals surface area contributed by atoms with Gasteiger partial charge in [0.05, 0.1) is 43.0 Å². The number of hydrogen-bond donors (Lipinski definition) is 2. The summed E-state index contributed by atoms with van der Waals surface area (Å²) in [6.45, 7) is 3.14. The Balaban J connectivity index is 1.23. The zero-order chi connectivity index (χ0) is 29.9. The molecule has 0 aliphatic carbocycles. The highest BCUT2D eigenvalue weighted by Gasteiger charge is 2.34. The molecule has 226 valence electrons. The van der Waals surface area contributed by atoms with Gasteiger partial charge in [0.2, 0.25) is 12.2 Å². The van der Waals surface area contributed by atoms with Crippen LogP contribution in [0.4, 0.5) is 0 Å². The average molecular weight is 589 g/mol. The number of imidazole rings is 1. The fraction of sp³-hybridized carbons (Fsp3) is 0.406. The normalized spacial score (nSPS) is 19.5. The number of aliphatic hydroxyl groups is 1. The molecule has 1 saturated heterocycles. The highest BCUT2D eigenvalue weighted by molar-refractivity contribution is 5.95. The minimum absolute atomic E-state index is 0.0191. The lowest BCUT2D eigenvalue weighted by Gasteiger charge is -2.35. The van der Waals surface area contributed by atoms with Crippen LogP contribution in [-0.4, -0.2) is 81.7 Å². The number of aromatic nitrogens is 3. The molecule has 1 fully saturated rings. The van der Waals surface area contributed by atoms with Crippen molar-refractivity contribution in [3.63, 3.8) is 0 Å². The second-order valence-corrected chi connectivity index (χ2v) is 11.0. The molecule has 4 heterocycles. The fourth-order valence-corrected chi connectivity index (χ4v) is 6.21. The molecule has 2 aliphatic rings. The first kappa shape index (κ1) is 28.9. The summed E-state index contributed by atoms with van der Waals surface area (Å²) in [5.74, 6) is -0.348. The maximum absolute atomic E-state index is 13.8. The average Bonchev–Trinajstić information content (AvgIpc) is 3.58. The van der Waals surface area contributed by atoms with Crippen LogP contribution < -0.4 is 5.69 Å². The lowest BCUT2D eigenvalue weighted by atomic mass is 9.92. The van der Waals surface area contributed by atoms with Crippen LogP contribution in [-0.2, 0) is 19.0 Å². The van der Waals surface area contributed by atoms with E-state index in [1.54, 1.807) is 14.0 Å². The standard InChI is InChI=1S/C32H36N4O7/c1-21(38)35-20-25(24-6-2-4-8-27(24)35)22-18-29(43-30(19-22)42-17-16-41-15-14-37)31(39)34-12-10-23(11-13-34)36-28-9-5-3-7-26(28)33-32(36)40/h2-9,18,20,22-23,30,37H,10-17,19H2,1H3,(H,33,40)/t22-,30+/m0/s1. The molecule has 2 aromatic heterocycles.